The van der Waals surface area contributed by atoms with Crippen LogP contribution < -0.4 is 0 Å². The molecule has 3 N–H and O–H groups in total. The van der Waals surface area contributed by atoms with E-state index in [9.17, 15) is 14.4 Å². The summed E-state index contributed by atoms with van der Waals surface area (Å²) < 4.78 is 0. The maximum absolute atomic E-state index is 10.8. The SMILES string of the molecule is O=C(O)N1CCCC1(C(=O)O)C(=O)O. The number of likely N-dealkylation sites (tertiary alicyclic amines) is 1. The lowest BCUT2D eigenvalue weighted by atomic mass is 9.97. The second-order valence-corrected chi connectivity index (χ2v) is 3.01. The van der Waals surface area contributed by atoms with Crippen molar-refractivity contribution in [3.63, 3.8) is 0 Å². The van der Waals surface area contributed by atoms with E-state index in [2.05, 4.69) is 0 Å². The van der Waals surface area contributed by atoms with Gasteiger partial charge in [-0.1, -0.05) is 0 Å². The number of amides is 1. The molecule has 0 saturated carbocycles. The van der Waals surface area contributed by atoms with Crippen LogP contribution in [0.2, 0.25) is 0 Å². The van der Waals surface area contributed by atoms with Gasteiger partial charge in [0.15, 0.2) is 0 Å². The second kappa shape index (κ2) is 3.17. The van der Waals surface area contributed by atoms with Gasteiger partial charge in [-0.05, 0) is 12.8 Å². The molecule has 1 aliphatic rings. The number of carbonyl (C=O) groups is 3. The second-order valence-electron chi connectivity index (χ2n) is 3.01. The van der Waals surface area contributed by atoms with Crippen molar-refractivity contribution in [1.29, 1.82) is 0 Å². The molecular weight excluding hydrogens is 194 g/mol. The molecule has 0 aliphatic carbocycles. The zero-order valence-electron chi connectivity index (χ0n) is 7.13. The minimum atomic E-state index is -2.30. The lowest BCUT2D eigenvalue weighted by Gasteiger charge is -2.27. The highest BCUT2D eigenvalue weighted by molar-refractivity contribution is 6.05. The Morgan fingerprint density at radius 3 is 1.86 bits per heavy atom. The largest absolute Gasteiger partial charge is 0.479 e. The zero-order valence-corrected chi connectivity index (χ0v) is 7.13. The van der Waals surface area contributed by atoms with Gasteiger partial charge in [0.25, 0.3) is 0 Å². The monoisotopic (exact) mass is 203 g/mol. The van der Waals surface area contributed by atoms with Crippen molar-refractivity contribution in [2.75, 3.05) is 6.54 Å². The molecule has 0 aromatic carbocycles. The van der Waals surface area contributed by atoms with E-state index in [0.29, 0.717) is 4.90 Å². The number of aliphatic carboxylic acids is 2. The molecule has 0 unspecified atom stereocenters. The normalized spacial score (nSPS) is 19.3. The van der Waals surface area contributed by atoms with Crippen molar-refractivity contribution >= 4 is 18.0 Å². The molecule has 0 bridgehead atoms. The zero-order chi connectivity index (χ0) is 10.9. The van der Waals surface area contributed by atoms with Crippen LogP contribution in [0.3, 0.4) is 0 Å². The Kier molecular flexibility index (Phi) is 2.33. The van der Waals surface area contributed by atoms with Crippen molar-refractivity contribution in [1.82, 2.24) is 4.90 Å². The third-order valence-corrected chi connectivity index (χ3v) is 2.32. The fraction of sp³-hybridized carbons (Fsp3) is 0.571. The molecular formula is C7H9NO6. The molecule has 0 spiro atoms. The Bertz CT molecular complexity index is 285. The van der Waals surface area contributed by atoms with E-state index in [1.807, 2.05) is 0 Å². The van der Waals surface area contributed by atoms with Crippen LogP contribution in [0.5, 0.6) is 0 Å². The Labute approximate surface area is 78.6 Å². The van der Waals surface area contributed by atoms with Crippen LogP contribution in [-0.4, -0.2) is 50.3 Å². The van der Waals surface area contributed by atoms with Crippen LogP contribution in [0.4, 0.5) is 4.79 Å². The van der Waals surface area contributed by atoms with Gasteiger partial charge in [-0.3, -0.25) is 4.90 Å². The maximum atomic E-state index is 10.8. The van der Waals surface area contributed by atoms with Crippen LogP contribution in [0.25, 0.3) is 0 Å². The van der Waals surface area contributed by atoms with Crippen molar-refractivity contribution < 1.29 is 29.7 Å². The quantitative estimate of drug-likeness (QED) is 0.529. The Morgan fingerprint density at radius 1 is 1.07 bits per heavy atom. The Morgan fingerprint density at radius 2 is 1.57 bits per heavy atom. The molecule has 1 rings (SSSR count). The van der Waals surface area contributed by atoms with Gasteiger partial charge in [0.2, 0.25) is 5.54 Å². The molecule has 1 fully saturated rings. The number of hydrogen-bond donors (Lipinski definition) is 3. The Balaban J connectivity index is 3.14. The fourth-order valence-corrected chi connectivity index (χ4v) is 1.61. The molecule has 14 heavy (non-hydrogen) atoms. The molecule has 0 aromatic rings. The smallest absolute Gasteiger partial charge is 0.408 e. The number of rotatable bonds is 2. The van der Waals surface area contributed by atoms with Gasteiger partial charge in [-0.25, -0.2) is 14.4 Å². The molecule has 1 saturated heterocycles. The highest BCUT2D eigenvalue weighted by atomic mass is 16.4. The van der Waals surface area contributed by atoms with Gasteiger partial charge in [0.1, 0.15) is 0 Å². The summed E-state index contributed by atoms with van der Waals surface area (Å²) in [4.78, 5) is 32.7. The first-order valence-corrected chi connectivity index (χ1v) is 3.90. The van der Waals surface area contributed by atoms with Crippen LogP contribution in [0.1, 0.15) is 12.8 Å². The number of hydrogen-bond acceptors (Lipinski definition) is 3. The summed E-state index contributed by atoms with van der Waals surface area (Å²) in [5.74, 6) is -3.27. The average molecular weight is 203 g/mol. The lowest BCUT2D eigenvalue weighted by Crippen LogP contribution is -2.58. The number of nitrogens with zero attached hydrogens (tertiary/aromatic N) is 1. The predicted molar refractivity (Wildman–Crippen MR) is 42.0 cm³/mol. The Hall–Kier alpha value is -1.79. The minimum absolute atomic E-state index is 0.0616. The first kappa shape index (κ1) is 10.3. The van der Waals surface area contributed by atoms with E-state index in [0.717, 1.165) is 0 Å². The van der Waals surface area contributed by atoms with E-state index in [1.54, 1.807) is 0 Å². The highest BCUT2D eigenvalue weighted by Crippen LogP contribution is 2.30. The van der Waals surface area contributed by atoms with Crippen molar-refractivity contribution in [2.24, 2.45) is 0 Å². The van der Waals surface area contributed by atoms with E-state index < -0.39 is 23.6 Å². The summed E-state index contributed by atoms with van der Waals surface area (Å²) in [6, 6.07) is 0. The highest BCUT2D eigenvalue weighted by Gasteiger charge is 2.56. The summed E-state index contributed by atoms with van der Waals surface area (Å²) in [5, 5.41) is 26.2. The summed E-state index contributed by atoms with van der Waals surface area (Å²) in [6.07, 6.45) is -1.47. The van der Waals surface area contributed by atoms with Gasteiger partial charge in [0.05, 0.1) is 0 Å². The molecule has 0 aromatic heterocycles. The van der Waals surface area contributed by atoms with E-state index in [4.69, 9.17) is 15.3 Å². The van der Waals surface area contributed by atoms with Crippen LogP contribution in [0.15, 0.2) is 0 Å². The van der Waals surface area contributed by atoms with Crippen LogP contribution >= 0.6 is 0 Å². The summed E-state index contributed by atoms with van der Waals surface area (Å²) in [5.41, 5.74) is -2.30. The van der Waals surface area contributed by atoms with Crippen molar-refractivity contribution in [3.05, 3.63) is 0 Å². The molecule has 1 aliphatic heterocycles. The van der Waals surface area contributed by atoms with Gasteiger partial charge < -0.3 is 15.3 Å². The number of carboxylic acids is 2. The molecule has 1 heterocycles. The van der Waals surface area contributed by atoms with Gasteiger partial charge in [-0.15, -0.1) is 0 Å². The molecule has 7 heteroatoms. The van der Waals surface area contributed by atoms with Gasteiger partial charge in [0, 0.05) is 6.54 Å². The topological polar surface area (TPSA) is 115 Å². The molecule has 1 amide bonds. The third kappa shape index (κ3) is 1.17. The first-order chi connectivity index (χ1) is 6.43. The van der Waals surface area contributed by atoms with Gasteiger partial charge >= 0.3 is 18.0 Å². The lowest BCUT2D eigenvalue weighted by molar-refractivity contribution is -0.164. The van der Waals surface area contributed by atoms with Crippen molar-refractivity contribution in [3.8, 4) is 0 Å². The first-order valence-electron chi connectivity index (χ1n) is 3.90. The van der Waals surface area contributed by atoms with Gasteiger partial charge in [-0.2, -0.15) is 0 Å². The van der Waals surface area contributed by atoms with Crippen LogP contribution in [-0.2, 0) is 9.59 Å². The summed E-state index contributed by atoms with van der Waals surface area (Å²) in [7, 11) is 0. The summed E-state index contributed by atoms with van der Waals surface area (Å²) in [6.45, 7) is -0.0616. The van der Waals surface area contributed by atoms with E-state index in [-0.39, 0.29) is 19.4 Å². The third-order valence-electron chi connectivity index (χ3n) is 2.32. The van der Waals surface area contributed by atoms with Crippen LogP contribution in [0, 0.1) is 0 Å². The predicted octanol–water partition coefficient (Wildman–Crippen LogP) is -0.332. The molecule has 0 radical (unpaired) electrons. The standard InChI is InChI=1S/C7H9NO6/c9-4(10)7(5(11)12)2-1-3-8(7)6(13)14/h1-3H2,(H,9,10)(H,11,12)(H,13,14). The van der Waals surface area contributed by atoms with Crippen molar-refractivity contribution in [2.45, 2.75) is 18.4 Å². The molecule has 7 nitrogen and oxygen atoms in total. The maximum Gasteiger partial charge on any atom is 0.408 e. The fourth-order valence-electron chi connectivity index (χ4n) is 1.61. The number of carboxylic acid groups (broad SMARTS) is 3. The summed E-state index contributed by atoms with van der Waals surface area (Å²) >= 11 is 0. The minimum Gasteiger partial charge on any atom is -0.479 e. The van der Waals surface area contributed by atoms with E-state index in [1.165, 1.54) is 0 Å². The van der Waals surface area contributed by atoms with E-state index >= 15 is 0 Å². The molecule has 0 atom stereocenters. The average Bonchev–Trinajstić information content (AvgIpc) is 2.47. The molecule has 78 valence electrons.